The lowest BCUT2D eigenvalue weighted by molar-refractivity contribution is -0.116. The van der Waals surface area contributed by atoms with Gasteiger partial charge in [-0.15, -0.1) is 0 Å². The summed E-state index contributed by atoms with van der Waals surface area (Å²) in [6.45, 7) is 3.68. The molecule has 2 rings (SSSR count). The Kier molecular flexibility index (Phi) is 5.03. The molecule has 1 atom stereocenters. The lowest BCUT2D eigenvalue weighted by atomic mass is 10.2. The molecule has 0 aliphatic carbocycles. The number of rotatable bonds is 4. The smallest absolute Gasteiger partial charge is 0.246 e. The van der Waals surface area contributed by atoms with Crippen molar-refractivity contribution < 1.29 is 4.79 Å². The van der Waals surface area contributed by atoms with E-state index in [0.29, 0.717) is 16.3 Å². The number of halogens is 1. The van der Waals surface area contributed by atoms with Gasteiger partial charge in [0.25, 0.3) is 0 Å². The second-order valence-corrected chi connectivity index (χ2v) is 5.42. The molecule has 2 N–H and O–H groups in total. The van der Waals surface area contributed by atoms with Crippen LogP contribution in [0, 0.1) is 18.3 Å². The van der Waals surface area contributed by atoms with E-state index in [2.05, 4.69) is 10.6 Å². The minimum atomic E-state index is -0.440. The summed E-state index contributed by atoms with van der Waals surface area (Å²) in [5.41, 5.74) is 2.87. The van der Waals surface area contributed by atoms with Crippen LogP contribution in [0.25, 0.3) is 0 Å². The summed E-state index contributed by atoms with van der Waals surface area (Å²) in [7, 11) is 0. The van der Waals surface area contributed by atoms with Gasteiger partial charge in [0.15, 0.2) is 0 Å². The normalized spacial score (nSPS) is 11.4. The highest BCUT2D eigenvalue weighted by Gasteiger charge is 2.13. The van der Waals surface area contributed by atoms with E-state index in [1.807, 2.05) is 25.1 Å². The van der Waals surface area contributed by atoms with Gasteiger partial charge >= 0.3 is 0 Å². The minimum Gasteiger partial charge on any atom is -0.374 e. The Labute approximate surface area is 134 Å². The number of amides is 1. The minimum absolute atomic E-state index is 0.188. The Morgan fingerprint density at radius 2 is 2.00 bits per heavy atom. The molecule has 0 bridgehead atoms. The van der Waals surface area contributed by atoms with E-state index in [4.69, 9.17) is 16.9 Å². The zero-order chi connectivity index (χ0) is 16.1. The molecule has 2 aromatic carbocycles. The number of nitriles is 1. The van der Waals surface area contributed by atoms with E-state index in [1.165, 1.54) is 0 Å². The topological polar surface area (TPSA) is 64.9 Å². The van der Waals surface area contributed by atoms with E-state index in [-0.39, 0.29) is 5.91 Å². The average molecular weight is 314 g/mol. The second-order valence-electron chi connectivity index (χ2n) is 5.01. The van der Waals surface area contributed by atoms with Gasteiger partial charge in [-0.05, 0) is 49.7 Å². The monoisotopic (exact) mass is 313 g/mol. The number of nitrogens with one attached hydrogen (secondary N) is 2. The van der Waals surface area contributed by atoms with Crippen molar-refractivity contribution in [2.24, 2.45) is 0 Å². The summed E-state index contributed by atoms with van der Waals surface area (Å²) in [6.07, 6.45) is 0. The highest BCUT2D eigenvalue weighted by atomic mass is 35.5. The quantitative estimate of drug-likeness (QED) is 0.898. The molecule has 4 nitrogen and oxygen atoms in total. The number of nitrogens with zero attached hydrogens (tertiary/aromatic N) is 1. The molecule has 0 saturated carbocycles. The van der Waals surface area contributed by atoms with Crippen molar-refractivity contribution in [3.8, 4) is 6.07 Å². The maximum atomic E-state index is 12.2. The fourth-order valence-corrected chi connectivity index (χ4v) is 2.10. The highest BCUT2D eigenvalue weighted by Crippen LogP contribution is 2.20. The maximum Gasteiger partial charge on any atom is 0.246 e. The summed E-state index contributed by atoms with van der Waals surface area (Å²) in [5, 5.41) is 15.4. The van der Waals surface area contributed by atoms with Gasteiger partial charge in [-0.3, -0.25) is 4.79 Å². The van der Waals surface area contributed by atoms with Gasteiger partial charge in [-0.25, -0.2) is 0 Å². The second kappa shape index (κ2) is 6.97. The summed E-state index contributed by atoms with van der Waals surface area (Å²) in [4.78, 5) is 12.2. The first-order valence-corrected chi connectivity index (χ1v) is 7.21. The highest BCUT2D eigenvalue weighted by molar-refractivity contribution is 6.31. The fourth-order valence-electron chi connectivity index (χ4n) is 1.92. The summed E-state index contributed by atoms with van der Waals surface area (Å²) in [5.74, 6) is -0.188. The average Bonchev–Trinajstić information content (AvgIpc) is 2.51. The fraction of sp³-hybridized carbons (Fsp3) is 0.176. The van der Waals surface area contributed by atoms with E-state index in [9.17, 15) is 4.79 Å². The molecule has 112 valence electrons. The molecular formula is C17H16ClN3O. The predicted molar refractivity (Wildman–Crippen MR) is 89.1 cm³/mol. The summed E-state index contributed by atoms with van der Waals surface area (Å²) >= 11 is 6.07. The number of hydrogen-bond donors (Lipinski definition) is 2. The number of hydrogen-bond acceptors (Lipinski definition) is 3. The van der Waals surface area contributed by atoms with Crippen molar-refractivity contribution in [2.45, 2.75) is 19.9 Å². The molecule has 0 heterocycles. The van der Waals surface area contributed by atoms with Crippen molar-refractivity contribution in [1.82, 2.24) is 0 Å². The van der Waals surface area contributed by atoms with Crippen LogP contribution in [0.5, 0.6) is 0 Å². The number of aryl methyl sites for hydroxylation is 1. The first kappa shape index (κ1) is 15.9. The van der Waals surface area contributed by atoms with E-state index in [0.717, 1.165) is 11.3 Å². The van der Waals surface area contributed by atoms with Crippen LogP contribution in [0.1, 0.15) is 18.1 Å². The van der Waals surface area contributed by atoms with Gasteiger partial charge in [-0.2, -0.15) is 5.26 Å². The maximum absolute atomic E-state index is 12.2. The SMILES string of the molecule is Cc1ccc(N[C@H](C)C(=O)Nc2cccc(C#N)c2)cc1Cl. The molecule has 0 unspecified atom stereocenters. The molecule has 5 heteroatoms. The number of carbonyl (C=O) groups is 1. The third-order valence-electron chi connectivity index (χ3n) is 3.21. The molecule has 0 spiro atoms. The van der Waals surface area contributed by atoms with Crippen LogP contribution in [-0.2, 0) is 4.79 Å². The van der Waals surface area contributed by atoms with Crippen LogP contribution >= 0.6 is 11.6 Å². The van der Waals surface area contributed by atoms with Gasteiger partial charge in [0.05, 0.1) is 11.6 Å². The molecule has 0 fully saturated rings. The Morgan fingerprint density at radius 1 is 1.23 bits per heavy atom. The third kappa shape index (κ3) is 4.00. The molecule has 2 aromatic rings. The number of carbonyl (C=O) groups excluding carboxylic acids is 1. The molecule has 0 saturated heterocycles. The lowest BCUT2D eigenvalue weighted by Gasteiger charge is -2.16. The summed E-state index contributed by atoms with van der Waals surface area (Å²) < 4.78 is 0. The summed E-state index contributed by atoms with van der Waals surface area (Å²) in [6, 6.07) is 13.9. The van der Waals surface area contributed by atoms with Crippen molar-refractivity contribution >= 4 is 28.9 Å². The number of anilines is 2. The Morgan fingerprint density at radius 3 is 2.68 bits per heavy atom. The lowest BCUT2D eigenvalue weighted by Crippen LogP contribution is -2.31. The molecule has 1 amide bonds. The Bertz CT molecular complexity index is 737. The molecule has 0 aromatic heterocycles. The van der Waals surface area contributed by atoms with Gasteiger partial charge in [0.1, 0.15) is 6.04 Å². The van der Waals surface area contributed by atoms with Gasteiger partial charge < -0.3 is 10.6 Å². The van der Waals surface area contributed by atoms with Crippen molar-refractivity contribution in [2.75, 3.05) is 10.6 Å². The van der Waals surface area contributed by atoms with Gasteiger partial charge in [0.2, 0.25) is 5.91 Å². The van der Waals surface area contributed by atoms with Crippen LogP contribution in [0.15, 0.2) is 42.5 Å². The van der Waals surface area contributed by atoms with Crippen molar-refractivity contribution in [1.29, 1.82) is 5.26 Å². The van der Waals surface area contributed by atoms with Crippen molar-refractivity contribution in [3.63, 3.8) is 0 Å². The zero-order valence-electron chi connectivity index (χ0n) is 12.4. The predicted octanol–water partition coefficient (Wildman–Crippen LogP) is 3.96. The first-order chi connectivity index (χ1) is 10.5. The first-order valence-electron chi connectivity index (χ1n) is 6.83. The van der Waals surface area contributed by atoms with Crippen LogP contribution in [0.4, 0.5) is 11.4 Å². The van der Waals surface area contributed by atoms with Gasteiger partial charge in [0, 0.05) is 16.4 Å². The third-order valence-corrected chi connectivity index (χ3v) is 3.61. The molecule has 0 aliphatic rings. The zero-order valence-corrected chi connectivity index (χ0v) is 13.1. The number of benzene rings is 2. The van der Waals surface area contributed by atoms with Crippen molar-refractivity contribution in [3.05, 3.63) is 58.6 Å². The van der Waals surface area contributed by atoms with Crippen LogP contribution < -0.4 is 10.6 Å². The van der Waals surface area contributed by atoms with Crippen LogP contribution in [0.3, 0.4) is 0 Å². The van der Waals surface area contributed by atoms with Crippen LogP contribution in [0.2, 0.25) is 5.02 Å². The molecule has 0 radical (unpaired) electrons. The standard InChI is InChI=1S/C17H16ClN3O/c1-11-6-7-15(9-16(11)18)20-12(2)17(22)21-14-5-3-4-13(8-14)10-19/h3-9,12,20H,1-2H3,(H,21,22)/t12-/m1/s1. The Balaban J connectivity index is 2.02. The van der Waals surface area contributed by atoms with E-state index in [1.54, 1.807) is 37.3 Å². The van der Waals surface area contributed by atoms with E-state index < -0.39 is 6.04 Å². The van der Waals surface area contributed by atoms with Crippen LogP contribution in [-0.4, -0.2) is 11.9 Å². The van der Waals surface area contributed by atoms with E-state index >= 15 is 0 Å². The molecule has 0 aliphatic heterocycles. The largest absolute Gasteiger partial charge is 0.374 e. The molecule has 22 heavy (non-hydrogen) atoms. The molecular weight excluding hydrogens is 298 g/mol. The Hall–Kier alpha value is -2.51. The van der Waals surface area contributed by atoms with Gasteiger partial charge in [-0.1, -0.05) is 23.7 Å².